The van der Waals surface area contributed by atoms with Crippen molar-refractivity contribution in [3.8, 4) is 11.4 Å². The lowest BCUT2D eigenvalue weighted by Gasteiger charge is -2.24. The van der Waals surface area contributed by atoms with Gasteiger partial charge in [-0.2, -0.15) is 17.6 Å². The fraction of sp³-hybridized carbons (Fsp3) is 0.231. The van der Waals surface area contributed by atoms with E-state index in [1.54, 1.807) is 47.0 Å². The highest BCUT2D eigenvalue weighted by Crippen LogP contribution is 2.36. The zero-order chi connectivity index (χ0) is 29.6. The molecule has 14 heteroatoms. The highest BCUT2D eigenvalue weighted by Gasteiger charge is 2.67. The smallest absolute Gasteiger partial charge is 0.314 e. The molecule has 0 fully saturated rings. The highest BCUT2D eigenvalue weighted by molar-refractivity contribution is 6.05. The number of benzene rings is 2. The van der Waals surface area contributed by atoms with E-state index in [0.717, 1.165) is 9.36 Å². The molecule has 2 N–H and O–H groups in total. The number of hydrogen-bond donors (Lipinski definition) is 2. The molecule has 10 nitrogen and oxygen atoms in total. The van der Waals surface area contributed by atoms with Crippen molar-refractivity contribution in [1.82, 2.24) is 18.7 Å². The van der Waals surface area contributed by atoms with Gasteiger partial charge in [0.25, 0.3) is 11.1 Å². The Labute approximate surface area is 224 Å². The second kappa shape index (κ2) is 10.0. The van der Waals surface area contributed by atoms with E-state index in [0.29, 0.717) is 11.4 Å². The number of para-hydroxylation sites is 2. The molecule has 2 amide bonds. The Morgan fingerprint density at radius 3 is 1.23 bits per heavy atom. The van der Waals surface area contributed by atoms with Gasteiger partial charge in [0.15, 0.2) is 0 Å². The van der Waals surface area contributed by atoms with E-state index in [9.17, 15) is 36.7 Å². The fourth-order valence-corrected chi connectivity index (χ4v) is 4.09. The summed E-state index contributed by atoms with van der Waals surface area (Å²) < 4.78 is 64.0. The molecule has 0 unspecified atom stereocenters. The molecule has 0 aliphatic rings. The number of halogens is 4. The Morgan fingerprint density at radius 1 is 0.625 bits per heavy atom. The minimum Gasteiger partial charge on any atom is -0.314 e. The summed E-state index contributed by atoms with van der Waals surface area (Å²) in [6.45, 7) is 2.63. The molecule has 0 aliphatic carbocycles. The Bertz CT molecular complexity index is 1590. The van der Waals surface area contributed by atoms with Gasteiger partial charge in [0.05, 0.1) is 22.8 Å². The van der Waals surface area contributed by atoms with Crippen molar-refractivity contribution >= 4 is 23.2 Å². The van der Waals surface area contributed by atoms with Crippen LogP contribution in [0, 0.1) is 13.8 Å². The molecule has 2 aromatic heterocycles. The molecule has 4 rings (SSSR count). The summed E-state index contributed by atoms with van der Waals surface area (Å²) in [5.41, 5.74) is -2.61. The molecule has 0 atom stereocenters. The van der Waals surface area contributed by atoms with E-state index in [1.807, 2.05) is 0 Å². The molecule has 0 aliphatic heterocycles. The molecule has 0 bridgehead atoms. The van der Waals surface area contributed by atoms with Gasteiger partial charge in [-0.15, -0.1) is 0 Å². The van der Waals surface area contributed by atoms with Crippen LogP contribution in [0.5, 0.6) is 0 Å². The van der Waals surface area contributed by atoms with Crippen molar-refractivity contribution in [1.29, 1.82) is 0 Å². The maximum atomic E-state index is 14.9. The van der Waals surface area contributed by atoms with E-state index in [2.05, 4.69) is 0 Å². The predicted octanol–water partition coefficient (Wildman–Crippen LogP) is 3.13. The highest BCUT2D eigenvalue weighted by atomic mass is 19.3. The van der Waals surface area contributed by atoms with E-state index < -0.39 is 46.2 Å². The van der Waals surface area contributed by atoms with Crippen molar-refractivity contribution in [2.75, 3.05) is 10.6 Å². The van der Waals surface area contributed by atoms with Crippen LogP contribution in [0.15, 0.2) is 70.3 Å². The number of amides is 2. The topological polar surface area (TPSA) is 112 Å². The van der Waals surface area contributed by atoms with Crippen molar-refractivity contribution in [2.45, 2.75) is 25.7 Å². The minimum absolute atomic E-state index is 0.00727. The first-order chi connectivity index (χ1) is 18.7. The number of nitrogens with zero attached hydrogens (tertiary/aromatic N) is 4. The van der Waals surface area contributed by atoms with Gasteiger partial charge in [0.1, 0.15) is 11.4 Å². The third-order valence-electron chi connectivity index (χ3n) is 6.55. The van der Waals surface area contributed by atoms with Gasteiger partial charge in [0.2, 0.25) is 0 Å². The standard InChI is InChI=1S/C26H24F4N6O4/c1-15-19(21(37)35(33(15)3)17-11-7-5-8-12-17)31-23(39)25(27,28)26(29,30)24(40)32-20-16(2)34(4)36(22(20)38)18-13-9-6-10-14-18/h5-14H,1-4H3,(H,31,39)(H,32,40). The number of hydrogen-bond acceptors (Lipinski definition) is 4. The zero-order valence-corrected chi connectivity index (χ0v) is 21.7. The van der Waals surface area contributed by atoms with E-state index in [1.165, 1.54) is 61.6 Å². The lowest BCUT2D eigenvalue weighted by molar-refractivity contribution is -0.204. The Morgan fingerprint density at radius 2 is 0.925 bits per heavy atom. The van der Waals surface area contributed by atoms with Gasteiger partial charge >= 0.3 is 23.7 Å². The zero-order valence-electron chi connectivity index (χ0n) is 21.7. The first-order valence-corrected chi connectivity index (χ1v) is 11.8. The number of rotatable bonds is 7. The van der Waals surface area contributed by atoms with Gasteiger partial charge in [0, 0.05) is 14.1 Å². The van der Waals surface area contributed by atoms with Gasteiger partial charge in [-0.25, -0.2) is 9.36 Å². The molecule has 0 saturated heterocycles. The number of carbonyl (C=O) groups excluding carboxylic acids is 2. The Balaban J connectivity index is 1.63. The van der Waals surface area contributed by atoms with Crippen LogP contribution in [0.2, 0.25) is 0 Å². The summed E-state index contributed by atoms with van der Waals surface area (Å²) in [5, 5.41) is 3.12. The van der Waals surface area contributed by atoms with Crippen molar-refractivity contribution < 1.29 is 27.2 Å². The molecule has 0 radical (unpaired) electrons. The van der Waals surface area contributed by atoms with E-state index >= 15 is 0 Å². The Kier molecular flexibility index (Phi) is 7.05. The first kappa shape index (κ1) is 28.1. The van der Waals surface area contributed by atoms with Crippen LogP contribution in [0.4, 0.5) is 28.9 Å². The van der Waals surface area contributed by atoms with Gasteiger partial charge in [-0.05, 0) is 38.1 Å². The van der Waals surface area contributed by atoms with Gasteiger partial charge < -0.3 is 10.6 Å². The number of anilines is 2. The second-order valence-corrected chi connectivity index (χ2v) is 8.93. The third-order valence-corrected chi connectivity index (χ3v) is 6.55. The third kappa shape index (κ3) is 4.40. The summed E-state index contributed by atoms with van der Waals surface area (Å²) in [7, 11) is 2.81. The van der Waals surface area contributed by atoms with Crippen molar-refractivity contribution in [3.63, 3.8) is 0 Å². The summed E-state index contributed by atoms with van der Waals surface area (Å²) in [4.78, 5) is 50.7. The summed E-state index contributed by atoms with van der Waals surface area (Å²) in [5.74, 6) is -16.4. The van der Waals surface area contributed by atoms with Crippen molar-refractivity contribution in [3.05, 3.63) is 92.8 Å². The Hall–Kier alpha value is -4.88. The van der Waals surface area contributed by atoms with Gasteiger partial charge in [-0.3, -0.25) is 28.5 Å². The van der Waals surface area contributed by atoms with Crippen LogP contribution in [-0.4, -0.2) is 42.4 Å². The number of nitrogens with one attached hydrogen (secondary N) is 2. The normalized spacial score (nSPS) is 11.9. The predicted molar refractivity (Wildman–Crippen MR) is 139 cm³/mol. The molecular formula is C26H24F4N6O4. The average molecular weight is 561 g/mol. The molecule has 0 saturated carbocycles. The molecule has 0 spiro atoms. The maximum absolute atomic E-state index is 14.9. The van der Waals surface area contributed by atoms with E-state index in [4.69, 9.17) is 0 Å². The molecule has 2 aromatic carbocycles. The summed E-state index contributed by atoms with van der Waals surface area (Å²) in [6.07, 6.45) is 0. The minimum atomic E-state index is -5.61. The van der Waals surface area contributed by atoms with Crippen molar-refractivity contribution in [2.24, 2.45) is 14.1 Å². The number of alkyl halides is 4. The fourth-order valence-electron chi connectivity index (χ4n) is 4.09. The largest absolute Gasteiger partial charge is 0.396 e. The number of carbonyl (C=O) groups is 2. The number of aromatic nitrogens is 4. The van der Waals surface area contributed by atoms with Crippen LogP contribution in [0.1, 0.15) is 11.4 Å². The molecule has 4 aromatic rings. The van der Waals surface area contributed by atoms with Crippen LogP contribution >= 0.6 is 0 Å². The second-order valence-electron chi connectivity index (χ2n) is 8.93. The summed E-state index contributed by atoms with van der Waals surface area (Å²) in [6, 6.07) is 15.9. The summed E-state index contributed by atoms with van der Waals surface area (Å²) >= 11 is 0. The van der Waals surface area contributed by atoms with Crippen LogP contribution in [0.25, 0.3) is 11.4 Å². The molecule has 2 heterocycles. The average Bonchev–Trinajstić information content (AvgIpc) is 3.27. The van der Waals surface area contributed by atoms with Gasteiger partial charge in [-0.1, -0.05) is 36.4 Å². The van der Waals surface area contributed by atoms with Crippen LogP contribution in [0.3, 0.4) is 0 Å². The first-order valence-electron chi connectivity index (χ1n) is 11.8. The lowest BCUT2D eigenvalue weighted by Crippen LogP contribution is -2.56. The van der Waals surface area contributed by atoms with Crippen LogP contribution < -0.4 is 21.8 Å². The van der Waals surface area contributed by atoms with E-state index in [-0.39, 0.29) is 11.4 Å². The molecule has 40 heavy (non-hydrogen) atoms. The lowest BCUT2D eigenvalue weighted by atomic mass is 10.1. The SMILES string of the molecule is Cc1c(NC(=O)C(F)(F)C(F)(F)C(=O)Nc2c(C)n(C)n(-c3ccccc3)c2=O)c(=O)n(-c2ccccc2)n1C. The van der Waals surface area contributed by atoms with Crippen LogP contribution in [-0.2, 0) is 23.7 Å². The monoisotopic (exact) mass is 560 g/mol. The molecule has 210 valence electrons. The quantitative estimate of drug-likeness (QED) is 0.339. The maximum Gasteiger partial charge on any atom is 0.396 e. The molecular weight excluding hydrogens is 536 g/mol.